The third kappa shape index (κ3) is 3.49. The Balaban J connectivity index is 1.39. The Kier molecular flexibility index (Phi) is 4.57. The highest BCUT2D eigenvalue weighted by Crippen LogP contribution is 2.25. The largest absolute Gasteiger partial charge is 0.440 e. The van der Waals surface area contributed by atoms with Crippen molar-refractivity contribution in [3.05, 3.63) is 42.4 Å². The van der Waals surface area contributed by atoms with Gasteiger partial charge in [-0.3, -0.25) is 0 Å². The van der Waals surface area contributed by atoms with E-state index in [4.69, 9.17) is 9.15 Å². The maximum atomic E-state index is 5.81. The summed E-state index contributed by atoms with van der Waals surface area (Å²) in [5.41, 5.74) is 1.02. The summed E-state index contributed by atoms with van der Waals surface area (Å²) in [4.78, 5) is 4.33. The van der Waals surface area contributed by atoms with Crippen molar-refractivity contribution in [3.63, 3.8) is 0 Å². The molecule has 7 nitrogen and oxygen atoms in total. The summed E-state index contributed by atoms with van der Waals surface area (Å²) in [5, 5.41) is 12.6. The average molecular weight is 343 g/mol. The molecule has 0 amide bonds. The first-order valence-electron chi connectivity index (χ1n) is 7.89. The highest BCUT2D eigenvalue weighted by molar-refractivity contribution is 7.98. The lowest BCUT2D eigenvalue weighted by Crippen LogP contribution is -2.16. The van der Waals surface area contributed by atoms with E-state index >= 15 is 0 Å². The summed E-state index contributed by atoms with van der Waals surface area (Å²) in [6.45, 7) is 1.52. The molecule has 24 heavy (non-hydrogen) atoms. The Hall–Kier alpha value is -2.19. The second-order valence-electron chi connectivity index (χ2n) is 5.55. The molecule has 0 radical (unpaired) electrons. The van der Waals surface area contributed by atoms with Crippen LogP contribution >= 0.6 is 11.8 Å². The van der Waals surface area contributed by atoms with Gasteiger partial charge in [-0.1, -0.05) is 42.1 Å². The Bertz CT molecular complexity index is 783. The molecule has 1 aromatic carbocycles. The third-order valence-electron chi connectivity index (χ3n) is 3.84. The number of aromatic nitrogens is 5. The Morgan fingerprint density at radius 1 is 1.25 bits per heavy atom. The Morgan fingerprint density at radius 3 is 3.00 bits per heavy atom. The second-order valence-corrected chi connectivity index (χ2v) is 6.49. The van der Waals surface area contributed by atoms with Crippen LogP contribution in [0.25, 0.3) is 11.3 Å². The normalized spacial score (nSPS) is 17.4. The number of oxazole rings is 1. The van der Waals surface area contributed by atoms with Gasteiger partial charge in [-0.05, 0) is 23.3 Å². The van der Waals surface area contributed by atoms with Crippen LogP contribution in [0.3, 0.4) is 0 Å². The summed E-state index contributed by atoms with van der Waals surface area (Å²) >= 11 is 1.51. The van der Waals surface area contributed by atoms with Gasteiger partial charge in [-0.25, -0.2) is 9.67 Å². The van der Waals surface area contributed by atoms with Crippen LogP contribution in [0.1, 0.15) is 18.7 Å². The summed E-state index contributed by atoms with van der Waals surface area (Å²) in [7, 11) is 0. The molecule has 2 aromatic heterocycles. The van der Waals surface area contributed by atoms with Gasteiger partial charge in [-0.15, -0.1) is 5.10 Å². The van der Waals surface area contributed by atoms with Crippen molar-refractivity contribution in [1.82, 2.24) is 25.2 Å². The van der Waals surface area contributed by atoms with Crippen LogP contribution in [-0.4, -0.2) is 37.9 Å². The van der Waals surface area contributed by atoms with Crippen molar-refractivity contribution in [2.75, 3.05) is 6.61 Å². The second kappa shape index (κ2) is 7.14. The van der Waals surface area contributed by atoms with Crippen LogP contribution < -0.4 is 0 Å². The summed E-state index contributed by atoms with van der Waals surface area (Å²) in [5.74, 6) is 2.01. The molecular weight excluding hydrogens is 326 g/mol. The Labute approximate surface area is 143 Å². The van der Waals surface area contributed by atoms with E-state index in [1.807, 2.05) is 30.3 Å². The summed E-state index contributed by atoms with van der Waals surface area (Å²) < 4.78 is 13.2. The van der Waals surface area contributed by atoms with Crippen molar-refractivity contribution in [2.45, 2.75) is 36.4 Å². The van der Waals surface area contributed by atoms with Gasteiger partial charge >= 0.3 is 0 Å². The zero-order valence-electron chi connectivity index (χ0n) is 13.0. The number of benzene rings is 1. The molecular formula is C16H17N5O2S. The minimum absolute atomic E-state index is 0.208. The van der Waals surface area contributed by atoms with Gasteiger partial charge in [0.25, 0.3) is 0 Å². The van der Waals surface area contributed by atoms with Crippen molar-refractivity contribution in [3.8, 4) is 11.3 Å². The number of nitrogens with zero attached hydrogens (tertiary/aromatic N) is 5. The predicted molar refractivity (Wildman–Crippen MR) is 88.3 cm³/mol. The number of hydrogen-bond acceptors (Lipinski definition) is 7. The topological polar surface area (TPSA) is 78.9 Å². The van der Waals surface area contributed by atoms with E-state index in [9.17, 15) is 0 Å². The molecule has 0 saturated carbocycles. The summed E-state index contributed by atoms with van der Waals surface area (Å²) in [6, 6.07) is 9.93. The SMILES string of the molecule is c1ccc(-c2cnc(CSc3nnnn3CC3CCCO3)o2)cc1. The minimum atomic E-state index is 0.208. The smallest absolute Gasteiger partial charge is 0.209 e. The first kappa shape index (κ1) is 15.3. The van der Waals surface area contributed by atoms with E-state index in [1.165, 1.54) is 11.8 Å². The molecule has 1 unspecified atom stereocenters. The third-order valence-corrected chi connectivity index (χ3v) is 4.78. The first-order chi connectivity index (χ1) is 11.9. The van der Waals surface area contributed by atoms with Crippen LogP contribution in [0.2, 0.25) is 0 Å². The molecule has 3 heterocycles. The molecule has 0 aliphatic carbocycles. The van der Waals surface area contributed by atoms with Crippen molar-refractivity contribution < 1.29 is 9.15 Å². The van der Waals surface area contributed by atoms with E-state index < -0.39 is 0 Å². The van der Waals surface area contributed by atoms with Crippen molar-refractivity contribution >= 4 is 11.8 Å². The lowest BCUT2D eigenvalue weighted by molar-refractivity contribution is 0.0912. The monoisotopic (exact) mass is 343 g/mol. The zero-order valence-corrected chi connectivity index (χ0v) is 13.9. The van der Waals surface area contributed by atoms with E-state index in [-0.39, 0.29) is 6.10 Å². The predicted octanol–water partition coefficient (Wildman–Crippen LogP) is 2.80. The van der Waals surface area contributed by atoms with Crippen LogP contribution in [0, 0.1) is 0 Å². The minimum Gasteiger partial charge on any atom is -0.440 e. The van der Waals surface area contributed by atoms with Gasteiger partial charge in [0.05, 0.1) is 24.6 Å². The lowest BCUT2D eigenvalue weighted by atomic mass is 10.2. The maximum Gasteiger partial charge on any atom is 0.209 e. The van der Waals surface area contributed by atoms with Gasteiger partial charge in [-0.2, -0.15) is 0 Å². The van der Waals surface area contributed by atoms with Crippen LogP contribution in [0.4, 0.5) is 0 Å². The van der Waals surface area contributed by atoms with E-state index in [1.54, 1.807) is 10.9 Å². The number of hydrogen-bond donors (Lipinski definition) is 0. The van der Waals surface area contributed by atoms with Crippen LogP contribution in [0.15, 0.2) is 46.1 Å². The molecule has 0 bridgehead atoms. The van der Waals surface area contributed by atoms with E-state index in [0.717, 1.165) is 35.9 Å². The summed E-state index contributed by atoms with van der Waals surface area (Å²) in [6.07, 6.45) is 4.12. The number of rotatable bonds is 6. The lowest BCUT2D eigenvalue weighted by Gasteiger charge is -2.09. The Morgan fingerprint density at radius 2 is 2.17 bits per heavy atom. The van der Waals surface area contributed by atoms with Gasteiger partial charge in [0.15, 0.2) is 5.76 Å². The fraction of sp³-hybridized carbons (Fsp3) is 0.375. The molecule has 8 heteroatoms. The number of thioether (sulfide) groups is 1. The van der Waals surface area contributed by atoms with Crippen LogP contribution in [0.5, 0.6) is 0 Å². The highest BCUT2D eigenvalue weighted by Gasteiger charge is 2.19. The molecule has 1 saturated heterocycles. The molecule has 1 atom stereocenters. The van der Waals surface area contributed by atoms with Gasteiger partial charge in [0.2, 0.25) is 11.0 Å². The van der Waals surface area contributed by atoms with E-state index in [0.29, 0.717) is 18.2 Å². The molecule has 1 aliphatic heterocycles. The van der Waals surface area contributed by atoms with Crippen LogP contribution in [-0.2, 0) is 17.0 Å². The maximum absolute atomic E-state index is 5.81. The molecule has 0 N–H and O–H groups in total. The first-order valence-corrected chi connectivity index (χ1v) is 8.88. The number of ether oxygens (including phenoxy) is 1. The quantitative estimate of drug-likeness (QED) is 0.637. The molecule has 4 rings (SSSR count). The zero-order chi connectivity index (χ0) is 16.2. The fourth-order valence-electron chi connectivity index (χ4n) is 2.63. The van der Waals surface area contributed by atoms with Gasteiger partial charge in [0, 0.05) is 12.2 Å². The number of tetrazole rings is 1. The standard InChI is InChI=1S/C16H17N5O2S/c1-2-5-12(6-3-1)14-9-17-15(23-14)11-24-16-18-19-20-21(16)10-13-7-4-8-22-13/h1-3,5-6,9,13H,4,7-8,10-11H2. The highest BCUT2D eigenvalue weighted by atomic mass is 32.2. The van der Waals surface area contributed by atoms with E-state index in [2.05, 4.69) is 20.5 Å². The molecule has 3 aromatic rings. The fourth-order valence-corrected chi connectivity index (χ4v) is 3.38. The van der Waals surface area contributed by atoms with Gasteiger partial charge < -0.3 is 9.15 Å². The van der Waals surface area contributed by atoms with Crippen molar-refractivity contribution in [1.29, 1.82) is 0 Å². The van der Waals surface area contributed by atoms with Crippen molar-refractivity contribution in [2.24, 2.45) is 0 Å². The molecule has 1 fully saturated rings. The van der Waals surface area contributed by atoms with Gasteiger partial charge in [0.1, 0.15) is 0 Å². The molecule has 0 spiro atoms. The molecule has 124 valence electrons. The average Bonchev–Trinajstić information content (AvgIpc) is 3.37. The molecule has 1 aliphatic rings.